The number of carbonyl (C=O) groups excluding carboxylic acids is 1. The van der Waals surface area contributed by atoms with E-state index in [-0.39, 0.29) is 49.7 Å². The van der Waals surface area contributed by atoms with E-state index in [0.29, 0.717) is 17.1 Å². The van der Waals surface area contributed by atoms with Crippen molar-refractivity contribution < 1.29 is 39.2 Å². The fourth-order valence-electron chi connectivity index (χ4n) is 5.21. The molecule has 1 amide bonds. The lowest BCUT2D eigenvalue weighted by Gasteiger charge is -2.36. The molecule has 9 nitrogen and oxygen atoms in total. The smallest absolute Gasteiger partial charge is 0.336 e. The van der Waals surface area contributed by atoms with E-state index >= 15 is 0 Å². The van der Waals surface area contributed by atoms with Crippen LogP contribution in [-0.4, -0.2) is 45.0 Å². The largest absolute Gasteiger partial charge is 0.481 e. The summed E-state index contributed by atoms with van der Waals surface area (Å²) in [7, 11) is 0. The Morgan fingerprint density at radius 3 is 2.26 bits per heavy atom. The van der Waals surface area contributed by atoms with Crippen LogP contribution in [0.2, 0.25) is 0 Å². The van der Waals surface area contributed by atoms with Crippen LogP contribution in [0, 0.1) is 0 Å². The molecule has 1 saturated heterocycles. The van der Waals surface area contributed by atoms with E-state index in [2.05, 4.69) is 5.32 Å². The zero-order valence-corrected chi connectivity index (χ0v) is 25.8. The number of carbonyl (C=O) groups is 3. The van der Waals surface area contributed by atoms with Crippen molar-refractivity contribution in [1.29, 1.82) is 0 Å². The van der Waals surface area contributed by atoms with Gasteiger partial charge in [0.25, 0.3) is 0 Å². The molecule has 46 heavy (non-hydrogen) atoms. The molecule has 4 N–H and O–H groups in total. The molecule has 5 rings (SSSR count). The number of hydrogen-bond acceptors (Lipinski definition) is 7. The lowest BCUT2D eigenvalue weighted by atomic mass is 9.99. The Morgan fingerprint density at radius 1 is 0.783 bits per heavy atom. The number of aliphatic hydroxyl groups excluding tert-OH is 1. The molecule has 10 heteroatoms. The first kappa shape index (κ1) is 32.9. The number of carboxylic acids is 2. The highest BCUT2D eigenvalue weighted by atomic mass is 32.2. The summed E-state index contributed by atoms with van der Waals surface area (Å²) in [6, 6.07) is 30.2. The number of nitrogens with one attached hydrogen (secondary N) is 1. The van der Waals surface area contributed by atoms with Crippen LogP contribution in [0.15, 0.2) is 102 Å². The van der Waals surface area contributed by atoms with Crippen LogP contribution < -0.4 is 5.32 Å². The Balaban J connectivity index is 1.35. The SMILES string of the molecule is O=C(O)CCC(=O)NCc1cccc(-c2cccc([C@@H]3O[C@H](CSc4ccccc4C(=O)O)C[C@H](c4ccc(CO)cc4)O3)c2)c1. The molecule has 1 aliphatic rings. The number of hydrogen-bond donors (Lipinski definition) is 4. The van der Waals surface area contributed by atoms with Gasteiger partial charge in [0.1, 0.15) is 0 Å². The lowest BCUT2D eigenvalue weighted by molar-refractivity contribution is -0.245. The molecule has 238 valence electrons. The second kappa shape index (κ2) is 15.7. The molecule has 0 aliphatic carbocycles. The second-order valence-electron chi connectivity index (χ2n) is 11.0. The Kier molecular flexibility index (Phi) is 11.2. The van der Waals surface area contributed by atoms with Gasteiger partial charge in [-0.25, -0.2) is 4.79 Å². The number of aliphatic hydroxyl groups is 1. The lowest BCUT2D eigenvalue weighted by Crippen LogP contribution is -2.31. The first-order valence-corrected chi connectivity index (χ1v) is 15.9. The monoisotopic (exact) mass is 641 g/mol. The molecule has 4 aromatic carbocycles. The molecular formula is C36H35NO8S. The first-order chi connectivity index (χ1) is 22.3. The van der Waals surface area contributed by atoms with Gasteiger partial charge in [0, 0.05) is 35.6 Å². The minimum Gasteiger partial charge on any atom is -0.481 e. The third-order valence-corrected chi connectivity index (χ3v) is 8.84. The predicted molar refractivity (Wildman–Crippen MR) is 173 cm³/mol. The van der Waals surface area contributed by atoms with Crippen molar-refractivity contribution in [3.63, 3.8) is 0 Å². The number of rotatable bonds is 13. The molecule has 1 heterocycles. The van der Waals surface area contributed by atoms with E-state index in [1.54, 1.807) is 18.2 Å². The molecule has 1 fully saturated rings. The van der Waals surface area contributed by atoms with Gasteiger partial charge in [-0.05, 0) is 52.1 Å². The Hall–Kier alpha value is -4.48. The van der Waals surface area contributed by atoms with E-state index in [9.17, 15) is 24.6 Å². The standard InChI is InChI=1S/C36H35NO8S/c38-21-23-11-13-25(14-12-23)31-19-29(22-46-32-10-2-1-9-30(32)35(42)43)44-36(45-31)28-8-4-7-27(18-28)26-6-3-5-24(17-26)20-37-33(39)15-16-34(40)41/h1-14,17-18,29,31,36,38H,15-16,19-22H2,(H,37,39)(H,40,41)(H,42,43)/t29-,31+,36+/m0/s1. The number of benzene rings is 4. The maximum Gasteiger partial charge on any atom is 0.336 e. The van der Waals surface area contributed by atoms with Crippen molar-refractivity contribution in [3.8, 4) is 11.1 Å². The fraction of sp³-hybridized carbons (Fsp3) is 0.250. The average Bonchev–Trinajstić information content (AvgIpc) is 3.09. The van der Waals surface area contributed by atoms with Crippen molar-refractivity contribution in [2.45, 2.75) is 55.8 Å². The minimum absolute atomic E-state index is 0.0507. The Labute approximate surface area is 271 Å². The van der Waals surface area contributed by atoms with Crippen LogP contribution in [0.4, 0.5) is 0 Å². The molecule has 1 aliphatic heterocycles. The average molecular weight is 642 g/mol. The van der Waals surface area contributed by atoms with Gasteiger partial charge in [-0.2, -0.15) is 0 Å². The number of thioether (sulfide) groups is 1. The van der Waals surface area contributed by atoms with Gasteiger partial charge in [0.15, 0.2) is 6.29 Å². The molecular weight excluding hydrogens is 606 g/mol. The third-order valence-electron chi connectivity index (χ3n) is 7.63. The fourth-order valence-corrected chi connectivity index (χ4v) is 6.28. The van der Waals surface area contributed by atoms with Crippen LogP contribution in [0.5, 0.6) is 0 Å². The van der Waals surface area contributed by atoms with E-state index in [4.69, 9.17) is 14.6 Å². The topological polar surface area (TPSA) is 142 Å². The Bertz CT molecular complexity index is 1670. The Morgan fingerprint density at radius 2 is 1.52 bits per heavy atom. The molecule has 0 bridgehead atoms. The van der Waals surface area contributed by atoms with Crippen LogP contribution in [-0.2, 0) is 32.2 Å². The maximum atomic E-state index is 12.0. The van der Waals surface area contributed by atoms with E-state index in [0.717, 1.165) is 33.4 Å². The van der Waals surface area contributed by atoms with Crippen molar-refractivity contribution in [2.24, 2.45) is 0 Å². The van der Waals surface area contributed by atoms with Crippen molar-refractivity contribution >= 4 is 29.6 Å². The number of aromatic carboxylic acids is 1. The zero-order chi connectivity index (χ0) is 32.5. The van der Waals surface area contributed by atoms with Gasteiger partial charge in [-0.1, -0.05) is 72.8 Å². The summed E-state index contributed by atoms with van der Waals surface area (Å²) in [5, 5.41) is 30.7. The normalized spacial score (nSPS) is 17.7. The quantitative estimate of drug-likeness (QED) is 0.123. The van der Waals surface area contributed by atoms with Crippen LogP contribution in [0.1, 0.15) is 64.3 Å². The van der Waals surface area contributed by atoms with Gasteiger partial charge < -0.3 is 30.1 Å². The summed E-state index contributed by atoms with van der Waals surface area (Å²) in [5.74, 6) is -1.78. The van der Waals surface area contributed by atoms with Crippen molar-refractivity contribution in [1.82, 2.24) is 5.32 Å². The highest BCUT2D eigenvalue weighted by Crippen LogP contribution is 2.40. The second-order valence-corrected chi connectivity index (χ2v) is 12.0. The molecule has 3 atom stereocenters. The molecule has 0 spiro atoms. The highest BCUT2D eigenvalue weighted by Gasteiger charge is 2.32. The molecule has 0 unspecified atom stereocenters. The highest BCUT2D eigenvalue weighted by molar-refractivity contribution is 7.99. The van der Waals surface area contributed by atoms with E-state index < -0.39 is 18.2 Å². The number of ether oxygens (including phenoxy) is 2. The molecule has 0 aromatic heterocycles. The van der Waals surface area contributed by atoms with Gasteiger partial charge >= 0.3 is 11.9 Å². The third kappa shape index (κ3) is 8.82. The van der Waals surface area contributed by atoms with Crippen LogP contribution >= 0.6 is 11.8 Å². The van der Waals surface area contributed by atoms with Gasteiger partial charge in [0.05, 0.1) is 30.8 Å². The van der Waals surface area contributed by atoms with Crippen LogP contribution in [0.25, 0.3) is 11.1 Å². The maximum absolute atomic E-state index is 12.0. The number of aliphatic carboxylic acids is 1. The first-order valence-electron chi connectivity index (χ1n) is 14.9. The zero-order valence-electron chi connectivity index (χ0n) is 25.0. The number of carboxylic acid groups (broad SMARTS) is 2. The summed E-state index contributed by atoms with van der Waals surface area (Å²) in [6.07, 6.45) is -0.941. The van der Waals surface area contributed by atoms with Gasteiger partial charge in [-0.3, -0.25) is 9.59 Å². The minimum atomic E-state index is -1.01. The summed E-state index contributed by atoms with van der Waals surface area (Å²) in [4.78, 5) is 35.2. The predicted octanol–water partition coefficient (Wildman–Crippen LogP) is 6.36. The summed E-state index contributed by atoms with van der Waals surface area (Å²) in [5.41, 5.74) is 5.58. The summed E-state index contributed by atoms with van der Waals surface area (Å²) >= 11 is 1.44. The number of amides is 1. The van der Waals surface area contributed by atoms with Crippen LogP contribution in [0.3, 0.4) is 0 Å². The summed E-state index contributed by atoms with van der Waals surface area (Å²) < 4.78 is 13.0. The molecule has 0 saturated carbocycles. The van der Waals surface area contributed by atoms with Gasteiger partial charge in [0.2, 0.25) is 5.91 Å². The van der Waals surface area contributed by atoms with Crippen molar-refractivity contribution in [2.75, 3.05) is 5.75 Å². The van der Waals surface area contributed by atoms with E-state index in [1.807, 2.05) is 78.9 Å². The summed E-state index contributed by atoms with van der Waals surface area (Å²) in [6.45, 7) is 0.229. The van der Waals surface area contributed by atoms with Gasteiger partial charge in [-0.15, -0.1) is 11.8 Å². The van der Waals surface area contributed by atoms with Crippen molar-refractivity contribution in [3.05, 3.63) is 125 Å². The molecule has 4 aromatic rings. The molecule has 0 radical (unpaired) electrons. The van der Waals surface area contributed by atoms with E-state index in [1.165, 1.54) is 11.8 Å².